The van der Waals surface area contributed by atoms with Crippen LogP contribution < -0.4 is 5.73 Å². The van der Waals surface area contributed by atoms with Crippen LogP contribution in [0.5, 0.6) is 0 Å². The number of rotatable bonds is 2. The van der Waals surface area contributed by atoms with Gasteiger partial charge in [-0.2, -0.15) is 0 Å². The van der Waals surface area contributed by atoms with Crippen LogP contribution in [0.4, 0.5) is 4.39 Å². The van der Waals surface area contributed by atoms with Crippen molar-refractivity contribution in [2.24, 2.45) is 5.73 Å². The molecule has 0 aromatic heterocycles. The van der Waals surface area contributed by atoms with Crippen molar-refractivity contribution in [3.05, 3.63) is 70.5 Å². The van der Waals surface area contributed by atoms with E-state index in [0.29, 0.717) is 12.5 Å². The van der Waals surface area contributed by atoms with Crippen molar-refractivity contribution in [3.63, 3.8) is 0 Å². The van der Waals surface area contributed by atoms with Gasteiger partial charge in [0.1, 0.15) is 5.82 Å². The SMILES string of the molecule is CN(C)C.NCC[C@H]1Cc2cc(F)ccc2Cc2ccccc21. The highest BCUT2D eigenvalue weighted by atomic mass is 19.1. The molecule has 0 amide bonds. The zero-order valence-corrected chi connectivity index (χ0v) is 14.3. The highest BCUT2D eigenvalue weighted by Gasteiger charge is 2.21. The van der Waals surface area contributed by atoms with Crippen LogP contribution in [0.15, 0.2) is 42.5 Å². The second-order valence-electron chi connectivity index (χ2n) is 6.61. The maximum Gasteiger partial charge on any atom is 0.123 e. The number of hydrogen-bond acceptors (Lipinski definition) is 2. The monoisotopic (exact) mass is 314 g/mol. The van der Waals surface area contributed by atoms with Crippen molar-refractivity contribution in [1.82, 2.24) is 4.90 Å². The number of hydrogen-bond donors (Lipinski definition) is 1. The average Bonchev–Trinajstić information content (AvgIpc) is 2.64. The predicted molar refractivity (Wildman–Crippen MR) is 95.4 cm³/mol. The van der Waals surface area contributed by atoms with E-state index in [4.69, 9.17) is 5.73 Å². The summed E-state index contributed by atoms with van der Waals surface area (Å²) < 4.78 is 13.4. The molecule has 2 aromatic carbocycles. The van der Waals surface area contributed by atoms with E-state index in [9.17, 15) is 4.39 Å². The van der Waals surface area contributed by atoms with Crippen molar-refractivity contribution < 1.29 is 4.39 Å². The maximum absolute atomic E-state index is 13.4. The topological polar surface area (TPSA) is 29.3 Å². The number of fused-ring (bicyclic) bond motifs is 2. The molecule has 1 aliphatic carbocycles. The van der Waals surface area contributed by atoms with Crippen LogP contribution in [0, 0.1) is 5.82 Å². The Kier molecular flexibility index (Phi) is 6.31. The molecule has 124 valence electrons. The van der Waals surface area contributed by atoms with E-state index in [-0.39, 0.29) is 5.82 Å². The molecule has 3 heteroatoms. The summed E-state index contributed by atoms with van der Waals surface area (Å²) in [6.45, 7) is 0.670. The van der Waals surface area contributed by atoms with Gasteiger partial charge in [-0.3, -0.25) is 0 Å². The molecule has 1 atom stereocenters. The van der Waals surface area contributed by atoms with Gasteiger partial charge in [-0.25, -0.2) is 4.39 Å². The van der Waals surface area contributed by atoms with Crippen molar-refractivity contribution in [2.45, 2.75) is 25.2 Å². The Labute approximate surface area is 139 Å². The molecule has 1 aliphatic rings. The smallest absolute Gasteiger partial charge is 0.123 e. The molecule has 0 unspecified atom stereocenters. The lowest BCUT2D eigenvalue weighted by Crippen LogP contribution is -2.10. The summed E-state index contributed by atoms with van der Waals surface area (Å²) in [7, 11) is 6.00. The summed E-state index contributed by atoms with van der Waals surface area (Å²) in [5.74, 6) is 0.264. The lowest BCUT2D eigenvalue weighted by molar-refractivity contribution is 0.505. The second kappa shape index (κ2) is 8.23. The summed E-state index contributed by atoms with van der Waals surface area (Å²) in [6.07, 6.45) is 2.74. The first kappa shape index (κ1) is 17.6. The Hall–Kier alpha value is -1.71. The highest BCUT2D eigenvalue weighted by Crippen LogP contribution is 2.33. The summed E-state index contributed by atoms with van der Waals surface area (Å²) in [5.41, 5.74) is 10.9. The quantitative estimate of drug-likeness (QED) is 0.918. The van der Waals surface area contributed by atoms with E-state index in [1.54, 1.807) is 12.1 Å². The summed E-state index contributed by atoms with van der Waals surface area (Å²) >= 11 is 0. The van der Waals surface area contributed by atoms with Gasteiger partial charge in [-0.1, -0.05) is 30.3 Å². The fraction of sp³-hybridized carbons (Fsp3) is 0.400. The highest BCUT2D eigenvalue weighted by molar-refractivity contribution is 5.42. The van der Waals surface area contributed by atoms with Crippen LogP contribution in [0.25, 0.3) is 0 Å². The standard InChI is InChI=1S/C17H18FN.C3H9N/c18-16-6-5-12-9-13-3-1-2-4-17(13)14(7-8-19)10-15(12)11-16;1-4(2)3/h1-6,11,14H,7-10,19H2;1-3H3/t14-;/m0./s1. The van der Waals surface area contributed by atoms with Gasteiger partial charge >= 0.3 is 0 Å². The van der Waals surface area contributed by atoms with Crippen molar-refractivity contribution in [1.29, 1.82) is 0 Å². The van der Waals surface area contributed by atoms with Crippen LogP contribution in [-0.2, 0) is 12.8 Å². The molecule has 2 aromatic rings. The fourth-order valence-corrected chi connectivity index (χ4v) is 3.09. The minimum Gasteiger partial charge on any atom is -0.330 e. The molecular formula is C20H27FN2. The third-order valence-corrected chi connectivity index (χ3v) is 4.03. The van der Waals surface area contributed by atoms with Gasteiger partial charge in [0.2, 0.25) is 0 Å². The van der Waals surface area contributed by atoms with E-state index < -0.39 is 0 Å². The third-order valence-electron chi connectivity index (χ3n) is 4.03. The Morgan fingerprint density at radius 2 is 1.74 bits per heavy atom. The summed E-state index contributed by atoms with van der Waals surface area (Å²) in [5, 5.41) is 0. The minimum atomic E-state index is -0.142. The second-order valence-corrected chi connectivity index (χ2v) is 6.61. The predicted octanol–water partition coefficient (Wildman–Crippen LogP) is 3.58. The summed E-state index contributed by atoms with van der Waals surface area (Å²) in [4.78, 5) is 2.00. The first-order valence-corrected chi connectivity index (χ1v) is 8.17. The van der Waals surface area contributed by atoms with Crippen LogP contribution in [0.2, 0.25) is 0 Å². The van der Waals surface area contributed by atoms with Crippen molar-refractivity contribution >= 4 is 0 Å². The Balaban J connectivity index is 0.000000433. The molecule has 0 heterocycles. The minimum absolute atomic E-state index is 0.142. The number of benzene rings is 2. The van der Waals surface area contributed by atoms with Gasteiger partial charge in [0.15, 0.2) is 0 Å². The van der Waals surface area contributed by atoms with Gasteiger partial charge in [0.05, 0.1) is 0 Å². The van der Waals surface area contributed by atoms with Crippen LogP contribution in [0.1, 0.15) is 34.6 Å². The normalized spacial score (nSPS) is 16.0. The molecule has 2 N–H and O–H groups in total. The third kappa shape index (κ3) is 4.88. The molecule has 0 radical (unpaired) electrons. The fourth-order valence-electron chi connectivity index (χ4n) is 3.09. The van der Waals surface area contributed by atoms with Crippen LogP contribution in [-0.4, -0.2) is 32.6 Å². The summed E-state index contributed by atoms with van der Waals surface area (Å²) in [6, 6.07) is 13.7. The van der Waals surface area contributed by atoms with E-state index in [1.165, 1.54) is 16.7 Å². The van der Waals surface area contributed by atoms with Gasteiger partial charge < -0.3 is 10.6 Å². The number of halogens is 1. The van der Waals surface area contributed by atoms with Crippen molar-refractivity contribution in [3.8, 4) is 0 Å². The number of nitrogens with zero attached hydrogens (tertiary/aromatic N) is 1. The molecule has 0 fully saturated rings. The molecule has 23 heavy (non-hydrogen) atoms. The van der Waals surface area contributed by atoms with E-state index in [1.807, 2.05) is 32.1 Å². The molecule has 2 nitrogen and oxygen atoms in total. The average molecular weight is 314 g/mol. The van der Waals surface area contributed by atoms with E-state index in [0.717, 1.165) is 24.8 Å². The lowest BCUT2D eigenvalue weighted by atomic mass is 9.89. The zero-order chi connectivity index (χ0) is 16.8. The molecule has 0 saturated heterocycles. The molecular weight excluding hydrogens is 287 g/mol. The van der Waals surface area contributed by atoms with Gasteiger partial charge in [-0.05, 0) is 87.3 Å². The molecule has 0 saturated carbocycles. The Bertz CT molecular complexity index is 635. The van der Waals surface area contributed by atoms with Crippen molar-refractivity contribution in [2.75, 3.05) is 27.7 Å². The van der Waals surface area contributed by atoms with Gasteiger partial charge in [0, 0.05) is 0 Å². The zero-order valence-electron chi connectivity index (χ0n) is 14.3. The first-order valence-electron chi connectivity index (χ1n) is 8.17. The molecule has 0 aliphatic heterocycles. The van der Waals surface area contributed by atoms with Gasteiger partial charge in [-0.15, -0.1) is 0 Å². The molecule has 3 rings (SSSR count). The Morgan fingerprint density at radius 3 is 2.43 bits per heavy atom. The Morgan fingerprint density at radius 1 is 1.04 bits per heavy atom. The van der Waals surface area contributed by atoms with E-state index >= 15 is 0 Å². The maximum atomic E-state index is 13.4. The molecule has 0 bridgehead atoms. The van der Waals surface area contributed by atoms with Gasteiger partial charge in [0.25, 0.3) is 0 Å². The van der Waals surface area contributed by atoms with Crippen LogP contribution in [0.3, 0.4) is 0 Å². The first-order chi connectivity index (χ1) is 11.0. The van der Waals surface area contributed by atoms with E-state index in [2.05, 4.69) is 24.3 Å². The number of nitrogens with two attached hydrogens (primary N) is 1. The lowest BCUT2D eigenvalue weighted by Gasteiger charge is -2.17. The molecule has 0 spiro atoms. The van der Waals surface area contributed by atoms with Crippen LogP contribution >= 0.6 is 0 Å². The largest absolute Gasteiger partial charge is 0.330 e.